The molecule has 0 aromatic heterocycles. The zero-order chi connectivity index (χ0) is 3.58. The van der Waals surface area contributed by atoms with Crippen LogP contribution in [-0.4, -0.2) is 76.2 Å². The van der Waals surface area contributed by atoms with E-state index < -0.39 is 6.16 Å². The van der Waals surface area contributed by atoms with Crippen molar-refractivity contribution in [3.05, 3.63) is 0 Å². The largest absolute Gasteiger partial charge is 2.00 e. The van der Waals surface area contributed by atoms with E-state index in [1.54, 1.807) is 0 Å². The van der Waals surface area contributed by atoms with Crippen LogP contribution in [0.25, 0.3) is 0 Å². The summed E-state index contributed by atoms with van der Waals surface area (Å²) in [4.78, 5) is 8.56. The molecule has 0 atom stereocenters. The van der Waals surface area contributed by atoms with Crippen molar-refractivity contribution in [3.8, 4) is 0 Å². The van der Waals surface area contributed by atoms with Gasteiger partial charge in [-0.15, -0.1) is 0 Å². The van der Waals surface area contributed by atoms with Gasteiger partial charge in [-0.1, -0.05) is 0 Å². The Morgan fingerprint density at radius 1 is 1.14 bits per heavy atom. The predicted molar refractivity (Wildman–Crippen MR) is 20.3 cm³/mol. The van der Waals surface area contributed by atoms with Crippen LogP contribution in [0.1, 0.15) is 0 Å². The maximum absolute atomic E-state index is 8.56. The van der Waals surface area contributed by atoms with Gasteiger partial charge in [-0.3, -0.25) is 0 Å². The Morgan fingerprint density at radius 3 is 1.14 bits per heavy atom. The Kier molecular flexibility index (Phi) is 56.8. The SMILES string of the molecule is O=C(O)O.[Ba+2].[OH-].[OH-]. The zero-order valence-corrected chi connectivity index (χ0v) is 7.84. The molecule has 0 aliphatic heterocycles. The second kappa shape index (κ2) is 15.9. The average Bonchev–Trinajstić information content (AvgIpc) is 0.811. The van der Waals surface area contributed by atoms with E-state index in [2.05, 4.69) is 0 Å². The minimum Gasteiger partial charge on any atom is -0.870 e. The van der Waals surface area contributed by atoms with E-state index in [4.69, 9.17) is 15.0 Å². The van der Waals surface area contributed by atoms with Gasteiger partial charge in [0.05, 0.1) is 0 Å². The molecule has 0 saturated heterocycles. The molecule has 0 aliphatic carbocycles. The molecule has 0 aromatic rings. The normalized spacial score (nSPS) is 3.43. The summed E-state index contributed by atoms with van der Waals surface area (Å²) in [6.45, 7) is 0. The molecule has 7 heavy (non-hydrogen) atoms. The topological polar surface area (TPSA) is 118 Å². The van der Waals surface area contributed by atoms with E-state index in [1.807, 2.05) is 0 Å². The van der Waals surface area contributed by atoms with Gasteiger partial charge in [-0.05, 0) is 0 Å². The third kappa shape index (κ3) is 264. The van der Waals surface area contributed by atoms with Gasteiger partial charge in [0, 0.05) is 0 Å². The molecule has 5 nitrogen and oxygen atoms in total. The summed E-state index contributed by atoms with van der Waals surface area (Å²) in [5, 5.41) is 13.9. The average molecular weight is 233 g/mol. The first-order valence-corrected chi connectivity index (χ1v) is 0.651. The van der Waals surface area contributed by atoms with Crippen LogP contribution in [-0.2, 0) is 0 Å². The van der Waals surface area contributed by atoms with Crippen molar-refractivity contribution >= 4 is 55.0 Å². The van der Waals surface area contributed by atoms with E-state index in [0.717, 1.165) is 0 Å². The number of carbonyl (C=O) groups is 1. The van der Waals surface area contributed by atoms with Crippen LogP contribution < -0.4 is 0 Å². The number of hydrogen-bond donors (Lipinski definition) is 2. The molecule has 0 aliphatic rings. The van der Waals surface area contributed by atoms with Crippen LogP contribution in [0, 0.1) is 0 Å². The van der Waals surface area contributed by atoms with Gasteiger partial charge in [0.2, 0.25) is 0 Å². The Bertz CT molecular complexity index is 31.1. The smallest absolute Gasteiger partial charge is 0.870 e. The standard InChI is InChI=1S/CH2O3.Ba.2H2O/c2-1(3)4;;;/h(H2,2,3,4);;2*1H2/q;+2;;/p-2. The van der Waals surface area contributed by atoms with Crippen LogP contribution in [0.5, 0.6) is 0 Å². The van der Waals surface area contributed by atoms with Gasteiger partial charge in [-0.25, -0.2) is 4.79 Å². The number of rotatable bonds is 0. The fourth-order valence-electron chi connectivity index (χ4n) is 0. The Hall–Kier alpha value is 0.761. The van der Waals surface area contributed by atoms with Crippen LogP contribution >= 0.6 is 0 Å². The Labute approximate surface area is 80.0 Å². The first kappa shape index (κ1) is 25.1. The summed E-state index contributed by atoms with van der Waals surface area (Å²) in [6, 6.07) is 0. The van der Waals surface area contributed by atoms with Crippen LogP contribution in [0.4, 0.5) is 4.79 Å². The molecule has 0 saturated carbocycles. The second-order valence-corrected chi connectivity index (χ2v) is 0.283. The predicted octanol–water partition coefficient (Wildman–Crippen LogP) is -0.512. The van der Waals surface area contributed by atoms with E-state index >= 15 is 0 Å². The third-order valence-electron chi connectivity index (χ3n) is 0. The summed E-state index contributed by atoms with van der Waals surface area (Å²) in [7, 11) is 0. The quantitative estimate of drug-likeness (QED) is 0.546. The van der Waals surface area contributed by atoms with Gasteiger partial charge in [0.25, 0.3) is 0 Å². The Morgan fingerprint density at radius 2 is 1.14 bits per heavy atom. The molecule has 4 N–H and O–H groups in total. The minimum atomic E-state index is -1.83. The van der Waals surface area contributed by atoms with Crippen molar-refractivity contribution in [2.75, 3.05) is 0 Å². The van der Waals surface area contributed by atoms with Gasteiger partial charge in [0.1, 0.15) is 0 Å². The van der Waals surface area contributed by atoms with Gasteiger partial charge in [-0.2, -0.15) is 0 Å². The van der Waals surface area contributed by atoms with Gasteiger partial charge >= 0.3 is 55.0 Å². The molecule has 40 valence electrons. The summed E-state index contributed by atoms with van der Waals surface area (Å²) < 4.78 is 0. The maximum atomic E-state index is 8.56. The molecule has 0 bridgehead atoms. The van der Waals surface area contributed by atoms with Crippen molar-refractivity contribution in [1.82, 2.24) is 0 Å². The molecular formula is CH4BaO5. The van der Waals surface area contributed by atoms with Crippen LogP contribution in [0.3, 0.4) is 0 Å². The molecule has 0 radical (unpaired) electrons. The van der Waals surface area contributed by atoms with E-state index in [0.29, 0.717) is 0 Å². The first-order valence-electron chi connectivity index (χ1n) is 0.651. The van der Waals surface area contributed by atoms with Gasteiger partial charge < -0.3 is 21.2 Å². The fourth-order valence-corrected chi connectivity index (χ4v) is 0. The van der Waals surface area contributed by atoms with E-state index in [-0.39, 0.29) is 59.8 Å². The zero-order valence-electron chi connectivity index (χ0n) is 3.40. The van der Waals surface area contributed by atoms with Crippen molar-refractivity contribution in [2.45, 2.75) is 0 Å². The molecule has 0 fully saturated rings. The van der Waals surface area contributed by atoms with Crippen molar-refractivity contribution in [3.63, 3.8) is 0 Å². The summed E-state index contributed by atoms with van der Waals surface area (Å²) in [5.41, 5.74) is 0. The van der Waals surface area contributed by atoms with Crippen LogP contribution in [0.2, 0.25) is 0 Å². The minimum absolute atomic E-state index is 0. The number of hydrogen-bond acceptors (Lipinski definition) is 3. The molecular weight excluding hydrogens is 229 g/mol. The van der Waals surface area contributed by atoms with E-state index in [9.17, 15) is 0 Å². The fraction of sp³-hybridized carbons (Fsp3) is 0. The summed E-state index contributed by atoms with van der Waals surface area (Å²) >= 11 is 0. The molecule has 0 amide bonds. The summed E-state index contributed by atoms with van der Waals surface area (Å²) in [6.07, 6.45) is -1.83. The molecule has 0 heterocycles. The first-order chi connectivity index (χ1) is 1.73. The molecule has 6 heteroatoms. The van der Waals surface area contributed by atoms with Crippen molar-refractivity contribution in [2.24, 2.45) is 0 Å². The molecule has 0 spiro atoms. The molecule has 0 unspecified atom stereocenters. The molecule has 0 rings (SSSR count). The number of carboxylic acid groups (broad SMARTS) is 2. The van der Waals surface area contributed by atoms with Crippen molar-refractivity contribution in [1.29, 1.82) is 0 Å². The monoisotopic (exact) mass is 234 g/mol. The molecule has 0 aromatic carbocycles. The van der Waals surface area contributed by atoms with Gasteiger partial charge in [0.15, 0.2) is 0 Å². The summed E-state index contributed by atoms with van der Waals surface area (Å²) in [5.74, 6) is 0. The third-order valence-corrected chi connectivity index (χ3v) is 0. The van der Waals surface area contributed by atoms with Crippen molar-refractivity contribution < 1.29 is 26.0 Å². The van der Waals surface area contributed by atoms with E-state index in [1.165, 1.54) is 0 Å². The maximum Gasteiger partial charge on any atom is 2.00 e. The Balaban J connectivity index is -0.0000000150. The second-order valence-electron chi connectivity index (χ2n) is 0.283. The van der Waals surface area contributed by atoms with Crippen LogP contribution in [0.15, 0.2) is 0 Å².